The van der Waals surface area contributed by atoms with Crippen LogP contribution in [0.5, 0.6) is 0 Å². The molecule has 6 atom stereocenters. The number of hydrogen-bond donors (Lipinski definition) is 1. The van der Waals surface area contributed by atoms with Gasteiger partial charge in [0.25, 0.3) is 0 Å². The van der Waals surface area contributed by atoms with Crippen LogP contribution in [0.25, 0.3) is 0 Å². The van der Waals surface area contributed by atoms with E-state index in [0.717, 1.165) is 42.4 Å². The first kappa shape index (κ1) is 23.3. The molecule has 0 radical (unpaired) electrons. The minimum atomic E-state index is -0.167. The van der Waals surface area contributed by atoms with Gasteiger partial charge in [0, 0.05) is 0 Å². The van der Waals surface area contributed by atoms with E-state index in [4.69, 9.17) is 0 Å². The second kappa shape index (κ2) is 9.58. The molecule has 4 aliphatic carbocycles. The SMILES string of the molecule is C=C1/C(=C\C=C2/CCC[C@]3(C)[C@@H]([C@H](C)CCCC(C)C)CC[C@@H]23)C[C@@H](O)CC1C1CC1. The quantitative estimate of drug-likeness (QED) is 0.436. The molecular formula is C30H48O. The van der Waals surface area contributed by atoms with Crippen molar-refractivity contribution in [2.45, 2.75) is 111 Å². The van der Waals surface area contributed by atoms with Gasteiger partial charge < -0.3 is 5.11 Å². The van der Waals surface area contributed by atoms with E-state index < -0.39 is 0 Å². The first-order valence-corrected chi connectivity index (χ1v) is 13.6. The largest absolute Gasteiger partial charge is 0.393 e. The van der Waals surface area contributed by atoms with Gasteiger partial charge in [0.2, 0.25) is 0 Å². The Kier molecular flexibility index (Phi) is 7.21. The Morgan fingerprint density at radius 1 is 1.10 bits per heavy atom. The highest BCUT2D eigenvalue weighted by Gasteiger charge is 2.50. The van der Waals surface area contributed by atoms with Gasteiger partial charge in [0.15, 0.2) is 0 Å². The lowest BCUT2D eigenvalue weighted by Gasteiger charge is -2.44. The molecule has 0 spiro atoms. The van der Waals surface area contributed by atoms with Crippen molar-refractivity contribution in [3.63, 3.8) is 0 Å². The van der Waals surface area contributed by atoms with Crippen LogP contribution >= 0.6 is 0 Å². The Balaban J connectivity index is 1.46. The van der Waals surface area contributed by atoms with Gasteiger partial charge in [0.1, 0.15) is 0 Å². The number of fused-ring (bicyclic) bond motifs is 1. The molecular weight excluding hydrogens is 376 g/mol. The molecule has 0 saturated heterocycles. The average molecular weight is 425 g/mol. The molecule has 0 heterocycles. The second-order valence-corrected chi connectivity index (χ2v) is 12.4. The van der Waals surface area contributed by atoms with Crippen molar-refractivity contribution >= 4 is 0 Å². The third kappa shape index (κ3) is 5.07. The molecule has 174 valence electrons. The van der Waals surface area contributed by atoms with Crippen LogP contribution in [0.1, 0.15) is 105 Å². The zero-order chi connectivity index (χ0) is 22.2. The first-order valence-electron chi connectivity index (χ1n) is 13.6. The van der Waals surface area contributed by atoms with Crippen molar-refractivity contribution in [3.8, 4) is 0 Å². The van der Waals surface area contributed by atoms with Crippen LogP contribution in [-0.4, -0.2) is 11.2 Å². The van der Waals surface area contributed by atoms with E-state index in [9.17, 15) is 5.11 Å². The molecule has 0 bridgehead atoms. The molecule has 0 amide bonds. The molecule has 1 heteroatoms. The van der Waals surface area contributed by atoms with Gasteiger partial charge in [-0.25, -0.2) is 0 Å². The molecule has 4 saturated carbocycles. The van der Waals surface area contributed by atoms with Gasteiger partial charge in [-0.15, -0.1) is 0 Å². The van der Waals surface area contributed by atoms with Crippen LogP contribution in [-0.2, 0) is 0 Å². The molecule has 1 nitrogen and oxygen atoms in total. The van der Waals surface area contributed by atoms with Crippen molar-refractivity contribution < 1.29 is 5.11 Å². The van der Waals surface area contributed by atoms with E-state index in [2.05, 4.69) is 46.4 Å². The fraction of sp³-hybridized carbons (Fsp3) is 0.800. The summed E-state index contributed by atoms with van der Waals surface area (Å²) in [5.74, 6) is 4.70. The Morgan fingerprint density at radius 3 is 2.58 bits per heavy atom. The summed E-state index contributed by atoms with van der Waals surface area (Å²) in [6.45, 7) is 14.4. The standard InChI is InChI=1S/C30H48O/c1-20(2)8-6-9-21(3)28-15-16-29-24(10-7-17-30(28,29)5)13-14-25-18-26(31)19-27(22(25)4)23-11-12-23/h13-14,20-21,23,26-29,31H,4,6-12,15-19H2,1-3,5H3/b24-13+,25-14-/t21-,26-,27?,28-,29+,30-/m1/s1. The lowest BCUT2D eigenvalue weighted by Crippen LogP contribution is -2.36. The molecule has 4 rings (SSSR count). The van der Waals surface area contributed by atoms with Gasteiger partial charge in [-0.3, -0.25) is 0 Å². The fourth-order valence-electron chi connectivity index (χ4n) is 7.76. The Morgan fingerprint density at radius 2 is 1.87 bits per heavy atom. The van der Waals surface area contributed by atoms with Crippen LogP contribution in [0.15, 0.2) is 35.5 Å². The van der Waals surface area contributed by atoms with Gasteiger partial charge in [-0.05, 0) is 110 Å². The molecule has 0 aromatic heterocycles. The predicted octanol–water partition coefficient (Wildman–Crippen LogP) is 8.26. The minimum Gasteiger partial charge on any atom is -0.393 e. The van der Waals surface area contributed by atoms with Crippen LogP contribution < -0.4 is 0 Å². The van der Waals surface area contributed by atoms with E-state index >= 15 is 0 Å². The van der Waals surface area contributed by atoms with Gasteiger partial charge in [0.05, 0.1) is 6.10 Å². The molecule has 0 aromatic carbocycles. The van der Waals surface area contributed by atoms with E-state index in [1.807, 2.05) is 0 Å². The summed E-state index contributed by atoms with van der Waals surface area (Å²) >= 11 is 0. The second-order valence-electron chi connectivity index (χ2n) is 12.4. The zero-order valence-corrected chi connectivity index (χ0v) is 20.8. The third-order valence-corrected chi connectivity index (χ3v) is 9.70. The summed E-state index contributed by atoms with van der Waals surface area (Å²) in [5, 5.41) is 10.5. The van der Waals surface area contributed by atoms with Gasteiger partial charge in [-0.1, -0.05) is 71.3 Å². The number of aliphatic hydroxyl groups is 1. The predicted molar refractivity (Wildman–Crippen MR) is 133 cm³/mol. The highest BCUT2D eigenvalue weighted by Crippen LogP contribution is 2.60. The smallest absolute Gasteiger partial charge is 0.0586 e. The normalized spacial score (nSPS) is 40.0. The monoisotopic (exact) mass is 424 g/mol. The van der Waals surface area contributed by atoms with Crippen molar-refractivity contribution in [1.29, 1.82) is 0 Å². The number of rotatable bonds is 7. The van der Waals surface area contributed by atoms with E-state index in [-0.39, 0.29) is 6.10 Å². The van der Waals surface area contributed by atoms with Crippen LogP contribution in [0, 0.1) is 40.9 Å². The van der Waals surface area contributed by atoms with Crippen molar-refractivity contribution in [3.05, 3.63) is 35.5 Å². The summed E-state index contributed by atoms with van der Waals surface area (Å²) in [4.78, 5) is 0. The molecule has 4 fully saturated rings. The number of aliphatic hydroxyl groups excluding tert-OH is 1. The summed E-state index contributed by atoms with van der Waals surface area (Å²) in [7, 11) is 0. The van der Waals surface area contributed by atoms with Crippen LogP contribution in [0.2, 0.25) is 0 Å². The van der Waals surface area contributed by atoms with E-state index in [0.29, 0.717) is 11.3 Å². The Hall–Kier alpha value is -0.820. The number of allylic oxidation sites excluding steroid dienone is 4. The van der Waals surface area contributed by atoms with Gasteiger partial charge >= 0.3 is 0 Å². The summed E-state index contributed by atoms with van der Waals surface area (Å²) in [5.41, 5.74) is 4.88. The topological polar surface area (TPSA) is 20.2 Å². The minimum absolute atomic E-state index is 0.167. The summed E-state index contributed by atoms with van der Waals surface area (Å²) < 4.78 is 0. The molecule has 0 aliphatic heterocycles. The highest BCUT2D eigenvalue weighted by molar-refractivity contribution is 5.39. The van der Waals surface area contributed by atoms with E-state index in [1.165, 1.54) is 75.4 Å². The van der Waals surface area contributed by atoms with Crippen LogP contribution in [0.3, 0.4) is 0 Å². The maximum Gasteiger partial charge on any atom is 0.0586 e. The lowest BCUT2D eigenvalue weighted by molar-refractivity contribution is 0.0928. The molecule has 1 N–H and O–H groups in total. The summed E-state index contributed by atoms with van der Waals surface area (Å²) in [6, 6.07) is 0. The average Bonchev–Trinajstić information content (AvgIpc) is 3.49. The number of hydrogen-bond acceptors (Lipinski definition) is 1. The third-order valence-electron chi connectivity index (χ3n) is 9.70. The lowest BCUT2D eigenvalue weighted by atomic mass is 9.60. The van der Waals surface area contributed by atoms with Crippen molar-refractivity contribution in [1.82, 2.24) is 0 Å². The fourth-order valence-corrected chi connectivity index (χ4v) is 7.76. The molecule has 31 heavy (non-hydrogen) atoms. The maximum absolute atomic E-state index is 10.5. The highest BCUT2D eigenvalue weighted by atomic mass is 16.3. The Labute approximate surface area is 192 Å². The molecule has 4 aliphatic rings. The van der Waals surface area contributed by atoms with Crippen molar-refractivity contribution in [2.75, 3.05) is 0 Å². The molecule has 0 aromatic rings. The zero-order valence-electron chi connectivity index (χ0n) is 20.8. The Bertz CT molecular complexity index is 708. The molecule has 1 unspecified atom stereocenters. The first-order chi connectivity index (χ1) is 14.8. The maximum atomic E-state index is 10.5. The van der Waals surface area contributed by atoms with E-state index in [1.54, 1.807) is 5.57 Å². The summed E-state index contributed by atoms with van der Waals surface area (Å²) in [6.07, 6.45) is 20.2. The van der Waals surface area contributed by atoms with Gasteiger partial charge in [-0.2, -0.15) is 0 Å². The van der Waals surface area contributed by atoms with Crippen LogP contribution in [0.4, 0.5) is 0 Å². The van der Waals surface area contributed by atoms with Crippen molar-refractivity contribution in [2.24, 2.45) is 40.9 Å².